The zero-order valence-electron chi connectivity index (χ0n) is 12.7. The van der Waals surface area contributed by atoms with Gasteiger partial charge < -0.3 is 24.2 Å². The van der Waals surface area contributed by atoms with Crippen molar-refractivity contribution in [1.82, 2.24) is 0 Å². The maximum absolute atomic E-state index is 11.3. The first kappa shape index (κ1) is 17.9. The summed E-state index contributed by atoms with van der Waals surface area (Å²) in [4.78, 5) is 33.8. The lowest BCUT2D eigenvalue weighted by atomic mass is 9.95. The Hall–Kier alpha value is -2.16. The van der Waals surface area contributed by atoms with Gasteiger partial charge in [0.1, 0.15) is 6.10 Å². The molecule has 22 heavy (non-hydrogen) atoms. The highest BCUT2D eigenvalue weighted by Gasteiger charge is 2.49. The summed E-state index contributed by atoms with van der Waals surface area (Å²) in [5.74, 6) is -1.90. The van der Waals surface area contributed by atoms with Crippen molar-refractivity contribution in [2.45, 2.75) is 58.2 Å². The Labute approximate surface area is 127 Å². The summed E-state index contributed by atoms with van der Waals surface area (Å²) < 4.78 is 20.9. The van der Waals surface area contributed by atoms with Crippen LogP contribution in [0.4, 0.5) is 0 Å². The van der Waals surface area contributed by atoms with E-state index in [4.69, 9.17) is 24.2 Å². The monoisotopic (exact) mass is 317 g/mol. The van der Waals surface area contributed by atoms with E-state index in [9.17, 15) is 14.4 Å². The molecule has 0 aromatic rings. The van der Waals surface area contributed by atoms with Crippen molar-refractivity contribution in [3.05, 3.63) is 0 Å². The summed E-state index contributed by atoms with van der Waals surface area (Å²) in [6.07, 6.45) is -3.79. The van der Waals surface area contributed by atoms with Gasteiger partial charge in [0, 0.05) is 20.8 Å². The van der Waals surface area contributed by atoms with Crippen LogP contribution in [0.1, 0.15) is 27.7 Å². The third-order valence-electron chi connectivity index (χ3n) is 2.93. The summed E-state index contributed by atoms with van der Waals surface area (Å²) in [6.45, 7) is 5.12. The van der Waals surface area contributed by atoms with Gasteiger partial charge in [0.05, 0.1) is 12.3 Å². The first-order valence-corrected chi connectivity index (χ1v) is 6.61. The van der Waals surface area contributed by atoms with E-state index in [-0.39, 0.29) is 0 Å². The van der Waals surface area contributed by atoms with Crippen LogP contribution in [0.15, 0.2) is 5.16 Å². The van der Waals surface area contributed by atoms with E-state index in [1.807, 2.05) is 0 Å². The van der Waals surface area contributed by atoms with Crippen LogP contribution in [0.3, 0.4) is 0 Å². The van der Waals surface area contributed by atoms with Gasteiger partial charge in [-0.25, -0.2) is 0 Å². The minimum atomic E-state index is -1.11. The average Bonchev–Trinajstić information content (AvgIpc) is 2.37. The smallest absolute Gasteiger partial charge is 0.303 e. The molecular weight excluding hydrogens is 298 g/mol. The van der Waals surface area contributed by atoms with E-state index in [1.54, 1.807) is 6.92 Å². The molecule has 0 aromatic carbocycles. The summed E-state index contributed by atoms with van der Waals surface area (Å²) in [7, 11) is 0. The van der Waals surface area contributed by atoms with Gasteiger partial charge in [-0.2, -0.15) is 0 Å². The molecule has 1 aliphatic heterocycles. The molecule has 1 saturated heterocycles. The van der Waals surface area contributed by atoms with Crippen LogP contribution < -0.4 is 0 Å². The van der Waals surface area contributed by atoms with Gasteiger partial charge in [-0.05, 0) is 6.92 Å². The third kappa shape index (κ3) is 4.69. The maximum atomic E-state index is 11.3. The molecule has 1 N–H and O–H groups in total. The van der Waals surface area contributed by atoms with Gasteiger partial charge in [0.2, 0.25) is 0 Å². The van der Waals surface area contributed by atoms with Crippen LogP contribution >= 0.6 is 0 Å². The Morgan fingerprint density at radius 1 is 0.955 bits per heavy atom. The first-order chi connectivity index (χ1) is 10.3. The summed E-state index contributed by atoms with van der Waals surface area (Å²) in [6, 6.07) is 0. The lowest BCUT2D eigenvalue weighted by Crippen LogP contribution is -2.61. The predicted octanol–water partition coefficient (Wildman–Crippen LogP) is 0.0288. The number of carbonyl (C=O) groups excluding carboxylic acids is 3. The molecular formula is C13H19NO8. The number of ether oxygens (including phenoxy) is 4. The van der Waals surface area contributed by atoms with Crippen molar-refractivity contribution in [1.29, 1.82) is 0 Å². The van der Waals surface area contributed by atoms with Crippen molar-refractivity contribution in [3.8, 4) is 0 Å². The Morgan fingerprint density at radius 3 is 1.86 bits per heavy atom. The van der Waals surface area contributed by atoms with Crippen molar-refractivity contribution < 1.29 is 38.5 Å². The van der Waals surface area contributed by atoms with E-state index >= 15 is 0 Å². The summed E-state index contributed by atoms with van der Waals surface area (Å²) in [5.41, 5.74) is 0. The molecule has 0 bridgehead atoms. The van der Waals surface area contributed by atoms with E-state index in [2.05, 4.69) is 5.16 Å². The van der Waals surface area contributed by atoms with E-state index < -0.39 is 48.4 Å². The van der Waals surface area contributed by atoms with Crippen LogP contribution in [0.5, 0.6) is 0 Å². The number of carbonyl (C=O) groups is 3. The van der Waals surface area contributed by atoms with E-state index in [0.29, 0.717) is 0 Å². The highest BCUT2D eigenvalue weighted by atomic mass is 16.6. The van der Waals surface area contributed by atoms with Crippen LogP contribution in [-0.2, 0) is 33.3 Å². The van der Waals surface area contributed by atoms with Crippen LogP contribution in [0, 0.1) is 0 Å². The molecule has 5 atom stereocenters. The molecule has 0 radical (unpaired) electrons. The molecule has 0 aliphatic carbocycles. The Kier molecular flexibility index (Phi) is 6.29. The normalized spacial score (nSPS) is 31.5. The molecule has 1 fully saturated rings. The third-order valence-corrected chi connectivity index (χ3v) is 2.93. The Balaban J connectivity index is 3.15. The molecule has 0 unspecified atom stereocenters. The predicted molar refractivity (Wildman–Crippen MR) is 71.3 cm³/mol. The van der Waals surface area contributed by atoms with Gasteiger partial charge >= 0.3 is 17.9 Å². The zero-order chi connectivity index (χ0) is 16.9. The molecule has 1 rings (SSSR count). The quantitative estimate of drug-likeness (QED) is 0.253. The molecule has 124 valence electrons. The van der Waals surface area contributed by atoms with Crippen LogP contribution in [0.25, 0.3) is 0 Å². The molecule has 1 aliphatic rings. The number of esters is 3. The number of rotatable bonds is 4. The van der Waals surface area contributed by atoms with Gasteiger partial charge in [-0.1, -0.05) is 5.16 Å². The second-order valence-electron chi connectivity index (χ2n) is 4.79. The molecule has 0 amide bonds. The van der Waals surface area contributed by atoms with Crippen molar-refractivity contribution in [2.24, 2.45) is 5.16 Å². The number of hydrogen-bond donors (Lipinski definition) is 1. The average molecular weight is 317 g/mol. The number of hydrogen-bond acceptors (Lipinski definition) is 9. The van der Waals surface area contributed by atoms with Crippen LogP contribution in [-0.4, -0.2) is 59.8 Å². The largest absolute Gasteiger partial charge is 0.456 e. The second kappa shape index (κ2) is 7.74. The minimum Gasteiger partial charge on any atom is -0.456 e. The fourth-order valence-corrected chi connectivity index (χ4v) is 2.24. The Morgan fingerprint density at radius 2 is 1.41 bits per heavy atom. The lowest BCUT2D eigenvalue weighted by Gasteiger charge is -2.42. The SMILES string of the molecule is CC(=O)O[C@@H]1[C@@H](OC(C)=O)[C@H](C)O[C@H](/C=N/O)[C@@H]1OC(C)=O. The summed E-state index contributed by atoms with van der Waals surface area (Å²) in [5, 5.41) is 11.6. The van der Waals surface area contributed by atoms with Gasteiger partial charge in [-0.3, -0.25) is 14.4 Å². The Bertz CT molecular complexity index is 463. The molecule has 0 spiro atoms. The van der Waals surface area contributed by atoms with E-state index in [0.717, 1.165) is 13.1 Å². The zero-order valence-corrected chi connectivity index (χ0v) is 12.7. The molecule has 0 aromatic heterocycles. The molecule has 9 nitrogen and oxygen atoms in total. The lowest BCUT2D eigenvalue weighted by molar-refractivity contribution is -0.232. The molecule has 0 saturated carbocycles. The topological polar surface area (TPSA) is 121 Å². The first-order valence-electron chi connectivity index (χ1n) is 6.61. The highest BCUT2D eigenvalue weighted by molar-refractivity contribution is 5.70. The van der Waals surface area contributed by atoms with Gasteiger partial charge in [-0.15, -0.1) is 0 Å². The second-order valence-corrected chi connectivity index (χ2v) is 4.79. The fraction of sp³-hybridized carbons (Fsp3) is 0.692. The van der Waals surface area contributed by atoms with Crippen molar-refractivity contribution in [3.63, 3.8) is 0 Å². The number of oxime groups is 1. The highest BCUT2D eigenvalue weighted by Crippen LogP contribution is 2.28. The van der Waals surface area contributed by atoms with Crippen LogP contribution in [0.2, 0.25) is 0 Å². The number of nitrogens with zero attached hydrogens (tertiary/aromatic N) is 1. The molecule has 1 heterocycles. The fourth-order valence-electron chi connectivity index (χ4n) is 2.24. The van der Waals surface area contributed by atoms with Gasteiger partial charge in [0.25, 0.3) is 0 Å². The maximum Gasteiger partial charge on any atom is 0.303 e. The standard InChI is InChI=1S/C13H19NO8/c1-6-11(20-7(2)15)13(22-9(4)17)12(21-8(3)16)10(19-6)5-14-18/h5-6,10-13,18H,1-4H3/b14-5+/t6-,10+,11-,12-,13+/m0/s1. The van der Waals surface area contributed by atoms with Crippen molar-refractivity contribution in [2.75, 3.05) is 0 Å². The van der Waals surface area contributed by atoms with Crippen molar-refractivity contribution >= 4 is 24.1 Å². The van der Waals surface area contributed by atoms with E-state index in [1.165, 1.54) is 13.8 Å². The molecule has 9 heteroatoms. The van der Waals surface area contributed by atoms with Gasteiger partial charge in [0.15, 0.2) is 18.3 Å². The summed E-state index contributed by atoms with van der Waals surface area (Å²) >= 11 is 0. The minimum absolute atomic E-state index is 0.603.